The van der Waals surface area contributed by atoms with E-state index in [0.29, 0.717) is 0 Å². The second-order valence-electron chi connectivity index (χ2n) is 4.28. The molecule has 0 aromatic heterocycles. The van der Waals surface area contributed by atoms with Gasteiger partial charge in [0, 0.05) is 6.92 Å². The van der Waals surface area contributed by atoms with Gasteiger partial charge in [0.1, 0.15) is 0 Å². The first-order chi connectivity index (χ1) is 7.75. The maximum absolute atomic E-state index is 11.1. The van der Waals surface area contributed by atoms with Crippen LogP contribution in [0.5, 0.6) is 0 Å². The minimum Gasteiger partial charge on any atom is -0.350 e. The molecule has 0 saturated heterocycles. The van der Waals surface area contributed by atoms with E-state index in [4.69, 9.17) is 0 Å². The number of benzene rings is 1. The Balaban J connectivity index is 2.13. The van der Waals surface area contributed by atoms with E-state index < -0.39 is 0 Å². The maximum atomic E-state index is 11.1. The molecule has 1 amide bonds. The van der Waals surface area contributed by atoms with Crippen LogP contribution in [0.25, 0.3) is 6.08 Å². The highest BCUT2D eigenvalue weighted by Crippen LogP contribution is 2.26. The lowest BCUT2D eigenvalue weighted by Crippen LogP contribution is -2.31. The molecule has 1 aliphatic rings. The molecule has 0 heterocycles. The van der Waals surface area contributed by atoms with Crippen LogP contribution in [0, 0.1) is 0 Å². The quantitative estimate of drug-likeness (QED) is 0.807. The van der Waals surface area contributed by atoms with Crippen LogP contribution < -0.4 is 5.32 Å². The van der Waals surface area contributed by atoms with Crippen molar-refractivity contribution in [3.05, 3.63) is 41.5 Å². The Morgan fingerprint density at radius 1 is 1.38 bits per heavy atom. The monoisotopic (exact) mass is 215 g/mol. The number of carbonyl (C=O) groups is 1. The molecule has 84 valence electrons. The molecule has 2 rings (SSSR count). The number of rotatable bonds is 2. The van der Waals surface area contributed by atoms with Crippen molar-refractivity contribution in [3.63, 3.8) is 0 Å². The Hall–Kier alpha value is -1.57. The van der Waals surface area contributed by atoms with Crippen molar-refractivity contribution in [2.45, 2.75) is 32.2 Å². The number of hydrogen-bond donors (Lipinski definition) is 1. The summed E-state index contributed by atoms with van der Waals surface area (Å²) in [5, 5.41) is 3.00. The van der Waals surface area contributed by atoms with Crippen molar-refractivity contribution >= 4 is 12.0 Å². The summed E-state index contributed by atoms with van der Waals surface area (Å²) >= 11 is 0. The standard InChI is InChI=1S/C14H17NO/c1-11(16)15-14-9-5-8-13(14)10-12-6-3-2-4-7-12/h2-4,6-7,10,14H,5,8-9H2,1H3,(H,15,16)/b13-10+/t14-/m1/s1. The van der Waals surface area contributed by atoms with Crippen molar-refractivity contribution in [1.29, 1.82) is 0 Å². The predicted molar refractivity (Wildman–Crippen MR) is 65.9 cm³/mol. The summed E-state index contributed by atoms with van der Waals surface area (Å²) < 4.78 is 0. The first-order valence-electron chi connectivity index (χ1n) is 5.78. The van der Waals surface area contributed by atoms with Crippen LogP contribution in [0.4, 0.5) is 0 Å². The van der Waals surface area contributed by atoms with Gasteiger partial charge in [-0.1, -0.05) is 36.4 Å². The van der Waals surface area contributed by atoms with E-state index in [1.165, 1.54) is 17.6 Å². The Morgan fingerprint density at radius 3 is 2.81 bits per heavy atom. The van der Waals surface area contributed by atoms with Crippen LogP contribution in [-0.4, -0.2) is 11.9 Å². The van der Waals surface area contributed by atoms with Crippen molar-refractivity contribution in [2.24, 2.45) is 0 Å². The molecule has 0 bridgehead atoms. The zero-order valence-electron chi connectivity index (χ0n) is 9.57. The lowest BCUT2D eigenvalue weighted by Gasteiger charge is -2.12. The van der Waals surface area contributed by atoms with Gasteiger partial charge in [0.15, 0.2) is 0 Å². The second kappa shape index (κ2) is 4.97. The van der Waals surface area contributed by atoms with Crippen molar-refractivity contribution in [2.75, 3.05) is 0 Å². The van der Waals surface area contributed by atoms with E-state index in [2.05, 4.69) is 23.5 Å². The molecule has 1 saturated carbocycles. The molecule has 1 aliphatic carbocycles. The Morgan fingerprint density at radius 2 is 2.12 bits per heavy atom. The molecular formula is C14H17NO. The average molecular weight is 215 g/mol. The van der Waals surface area contributed by atoms with E-state index in [-0.39, 0.29) is 11.9 Å². The summed E-state index contributed by atoms with van der Waals surface area (Å²) in [6, 6.07) is 10.5. The van der Waals surface area contributed by atoms with Gasteiger partial charge in [-0.15, -0.1) is 0 Å². The van der Waals surface area contributed by atoms with Crippen molar-refractivity contribution in [3.8, 4) is 0 Å². The molecular weight excluding hydrogens is 198 g/mol. The van der Waals surface area contributed by atoms with Crippen LogP contribution in [0.1, 0.15) is 31.7 Å². The maximum Gasteiger partial charge on any atom is 0.217 e. The molecule has 0 spiro atoms. The van der Waals surface area contributed by atoms with Gasteiger partial charge >= 0.3 is 0 Å². The molecule has 16 heavy (non-hydrogen) atoms. The normalized spacial score (nSPS) is 22.3. The van der Waals surface area contributed by atoms with E-state index in [9.17, 15) is 4.79 Å². The molecule has 1 fully saturated rings. The fraction of sp³-hybridized carbons (Fsp3) is 0.357. The highest BCUT2D eigenvalue weighted by molar-refractivity contribution is 5.74. The minimum atomic E-state index is 0.0610. The highest BCUT2D eigenvalue weighted by atomic mass is 16.1. The molecule has 1 aromatic carbocycles. The van der Waals surface area contributed by atoms with Crippen LogP contribution >= 0.6 is 0 Å². The summed E-state index contributed by atoms with van der Waals surface area (Å²) in [6.07, 6.45) is 5.54. The zero-order valence-corrected chi connectivity index (χ0v) is 9.57. The summed E-state index contributed by atoms with van der Waals surface area (Å²) in [7, 11) is 0. The number of hydrogen-bond acceptors (Lipinski definition) is 1. The van der Waals surface area contributed by atoms with Gasteiger partial charge in [-0.05, 0) is 30.4 Å². The van der Waals surface area contributed by atoms with Crippen LogP contribution in [0.15, 0.2) is 35.9 Å². The molecule has 0 unspecified atom stereocenters. The Bertz CT molecular complexity index is 394. The van der Waals surface area contributed by atoms with Crippen molar-refractivity contribution < 1.29 is 4.79 Å². The molecule has 1 N–H and O–H groups in total. The molecule has 1 atom stereocenters. The predicted octanol–water partition coefficient (Wildman–Crippen LogP) is 2.76. The highest BCUT2D eigenvalue weighted by Gasteiger charge is 2.21. The molecule has 2 heteroatoms. The van der Waals surface area contributed by atoms with Gasteiger partial charge in [-0.25, -0.2) is 0 Å². The summed E-state index contributed by atoms with van der Waals surface area (Å²) in [4.78, 5) is 11.1. The number of amides is 1. The molecule has 1 aromatic rings. The largest absolute Gasteiger partial charge is 0.350 e. The van der Waals surface area contributed by atoms with Gasteiger partial charge in [-0.2, -0.15) is 0 Å². The summed E-state index contributed by atoms with van der Waals surface area (Å²) in [5.74, 6) is 0.0610. The van der Waals surface area contributed by atoms with Crippen molar-refractivity contribution in [1.82, 2.24) is 5.32 Å². The van der Waals surface area contributed by atoms with Crippen LogP contribution in [0.2, 0.25) is 0 Å². The van der Waals surface area contributed by atoms with E-state index in [1.54, 1.807) is 6.92 Å². The van der Waals surface area contributed by atoms with Crippen LogP contribution in [-0.2, 0) is 4.79 Å². The molecule has 0 aliphatic heterocycles. The lowest BCUT2D eigenvalue weighted by atomic mass is 10.1. The number of carbonyl (C=O) groups excluding carboxylic acids is 1. The SMILES string of the molecule is CC(=O)N[C@@H]1CCC/C1=C\c1ccccc1. The Labute approximate surface area is 96.4 Å². The molecule has 2 nitrogen and oxygen atoms in total. The molecule has 0 radical (unpaired) electrons. The summed E-state index contributed by atoms with van der Waals surface area (Å²) in [6.45, 7) is 1.58. The third-order valence-corrected chi connectivity index (χ3v) is 2.93. The summed E-state index contributed by atoms with van der Waals surface area (Å²) in [5.41, 5.74) is 2.57. The Kier molecular flexibility index (Phi) is 3.40. The van der Waals surface area contributed by atoms with Gasteiger partial charge in [-0.3, -0.25) is 4.79 Å². The fourth-order valence-electron chi connectivity index (χ4n) is 2.22. The smallest absolute Gasteiger partial charge is 0.217 e. The van der Waals surface area contributed by atoms with Gasteiger partial charge in [0.05, 0.1) is 6.04 Å². The second-order valence-corrected chi connectivity index (χ2v) is 4.28. The minimum absolute atomic E-state index is 0.0610. The van der Waals surface area contributed by atoms with Gasteiger partial charge < -0.3 is 5.32 Å². The van der Waals surface area contributed by atoms with Crippen LogP contribution in [0.3, 0.4) is 0 Å². The van der Waals surface area contributed by atoms with E-state index in [0.717, 1.165) is 12.8 Å². The third-order valence-electron chi connectivity index (χ3n) is 2.93. The lowest BCUT2D eigenvalue weighted by molar-refractivity contribution is -0.119. The van der Waals surface area contributed by atoms with E-state index >= 15 is 0 Å². The number of nitrogens with one attached hydrogen (secondary N) is 1. The fourth-order valence-corrected chi connectivity index (χ4v) is 2.22. The average Bonchev–Trinajstić information content (AvgIpc) is 2.66. The zero-order chi connectivity index (χ0) is 11.4. The van der Waals surface area contributed by atoms with Gasteiger partial charge in [0.2, 0.25) is 5.91 Å². The first-order valence-corrected chi connectivity index (χ1v) is 5.78. The third kappa shape index (κ3) is 2.72. The topological polar surface area (TPSA) is 29.1 Å². The first kappa shape index (κ1) is 10.9. The van der Waals surface area contributed by atoms with Gasteiger partial charge in [0.25, 0.3) is 0 Å². The van der Waals surface area contributed by atoms with E-state index in [1.807, 2.05) is 18.2 Å².